The lowest BCUT2D eigenvalue weighted by atomic mass is 9.94. The van der Waals surface area contributed by atoms with E-state index >= 15 is 0 Å². The van der Waals surface area contributed by atoms with E-state index in [2.05, 4.69) is 10.6 Å². The van der Waals surface area contributed by atoms with Crippen molar-refractivity contribution >= 4 is 28.7 Å². The molecule has 0 aromatic heterocycles. The second-order valence-corrected chi connectivity index (χ2v) is 9.23. The molecule has 1 fully saturated rings. The number of rotatable bonds is 9. The lowest BCUT2D eigenvalue weighted by Crippen LogP contribution is -2.51. The van der Waals surface area contributed by atoms with Crippen molar-refractivity contribution in [1.29, 1.82) is 0 Å². The van der Waals surface area contributed by atoms with E-state index in [-0.39, 0.29) is 23.0 Å². The van der Waals surface area contributed by atoms with Crippen molar-refractivity contribution in [3.8, 4) is 0 Å². The molecule has 0 unspecified atom stereocenters. The predicted molar refractivity (Wildman–Crippen MR) is 103 cm³/mol. The van der Waals surface area contributed by atoms with Crippen LogP contribution in [0.5, 0.6) is 0 Å². The zero-order valence-corrected chi connectivity index (χ0v) is 17.0. The first-order valence-corrected chi connectivity index (χ1v) is 10.4. The van der Waals surface area contributed by atoms with Gasteiger partial charge in [0.25, 0.3) is 0 Å². The van der Waals surface area contributed by atoms with Gasteiger partial charge in [-0.15, -0.1) is 0 Å². The molecule has 2 amide bonds. The van der Waals surface area contributed by atoms with Gasteiger partial charge in [-0.25, -0.2) is 0 Å². The summed E-state index contributed by atoms with van der Waals surface area (Å²) in [6.45, 7) is 7.14. The first kappa shape index (κ1) is 22.0. The van der Waals surface area contributed by atoms with Gasteiger partial charge in [-0.3, -0.25) is 14.4 Å². The topological polar surface area (TPSA) is 75.3 Å². The largest absolute Gasteiger partial charge is 0.352 e. The van der Waals surface area contributed by atoms with Gasteiger partial charge in [0.15, 0.2) is 5.12 Å². The smallest absolute Gasteiger partial charge is 0.242 e. The molecule has 1 saturated carbocycles. The van der Waals surface area contributed by atoms with E-state index < -0.39 is 11.5 Å². The highest BCUT2D eigenvalue weighted by Gasteiger charge is 2.28. The van der Waals surface area contributed by atoms with Crippen LogP contribution in [0.4, 0.5) is 0 Å². The molecule has 144 valence electrons. The third-order valence-electron chi connectivity index (χ3n) is 4.45. The van der Waals surface area contributed by atoms with Crippen molar-refractivity contribution in [2.24, 2.45) is 5.41 Å². The van der Waals surface area contributed by atoms with Gasteiger partial charge in [-0.2, -0.15) is 0 Å². The highest BCUT2D eigenvalue weighted by atomic mass is 32.2. The summed E-state index contributed by atoms with van der Waals surface area (Å²) < 4.78 is 0. The van der Waals surface area contributed by atoms with Gasteiger partial charge in [0.1, 0.15) is 6.04 Å². The third-order valence-corrected chi connectivity index (χ3v) is 5.35. The molecule has 0 bridgehead atoms. The Kier molecular flexibility index (Phi) is 9.54. The predicted octanol–water partition coefficient (Wildman–Crippen LogP) is 3.42. The van der Waals surface area contributed by atoms with Crippen molar-refractivity contribution in [2.75, 3.05) is 5.75 Å². The van der Waals surface area contributed by atoms with E-state index in [1.165, 1.54) is 11.8 Å². The fourth-order valence-electron chi connectivity index (χ4n) is 2.86. The Morgan fingerprint density at radius 2 is 1.72 bits per heavy atom. The first-order chi connectivity index (χ1) is 11.7. The molecular formula is C19H34N2O3S. The minimum atomic E-state index is -0.510. The molecule has 5 nitrogen and oxygen atoms in total. The van der Waals surface area contributed by atoms with Gasteiger partial charge in [-0.1, -0.05) is 58.2 Å². The Morgan fingerprint density at radius 3 is 2.28 bits per heavy atom. The molecule has 0 aliphatic heterocycles. The van der Waals surface area contributed by atoms with Gasteiger partial charge >= 0.3 is 0 Å². The van der Waals surface area contributed by atoms with Crippen molar-refractivity contribution in [3.63, 3.8) is 0 Å². The number of thioether (sulfide) groups is 1. The van der Waals surface area contributed by atoms with Crippen LogP contribution in [0.2, 0.25) is 0 Å². The average Bonchev–Trinajstić information content (AvgIpc) is 3.00. The third kappa shape index (κ3) is 9.28. The molecule has 0 spiro atoms. The SMILES string of the molecule is CC(=O)SCCCCC[C@H](NC(=O)C(C)(C)C)C(=O)NC1CCCC1. The fourth-order valence-corrected chi connectivity index (χ4v) is 3.49. The van der Waals surface area contributed by atoms with Gasteiger partial charge in [0, 0.05) is 24.1 Å². The van der Waals surface area contributed by atoms with Gasteiger partial charge in [0.2, 0.25) is 11.8 Å². The lowest BCUT2D eigenvalue weighted by molar-refractivity contribution is -0.133. The minimum Gasteiger partial charge on any atom is -0.352 e. The van der Waals surface area contributed by atoms with Crippen molar-refractivity contribution in [2.45, 2.75) is 91.1 Å². The van der Waals surface area contributed by atoms with Gasteiger partial charge < -0.3 is 10.6 Å². The van der Waals surface area contributed by atoms with Crippen LogP contribution >= 0.6 is 11.8 Å². The van der Waals surface area contributed by atoms with Crippen molar-refractivity contribution in [3.05, 3.63) is 0 Å². The van der Waals surface area contributed by atoms with Crippen LogP contribution in [-0.2, 0) is 14.4 Å². The monoisotopic (exact) mass is 370 g/mol. The highest BCUT2D eigenvalue weighted by molar-refractivity contribution is 8.13. The Balaban J connectivity index is 2.47. The number of hydrogen-bond donors (Lipinski definition) is 2. The Labute approximate surface area is 156 Å². The summed E-state index contributed by atoms with van der Waals surface area (Å²) in [5.74, 6) is 0.677. The molecule has 0 radical (unpaired) electrons. The van der Waals surface area contributed by atoms with Crippen LogP contribution in [0, 0.1) is 5.41 Å². The standard InChI is InChI=1S/C19H34N2O3S/c1-14(22)25-13-9-5-6-12-16(21-18(24)19(2,3)4)17(23)20-15-10-7-8-11-15/h15-16H,5-13H2,1-4H3,(H,20,23)(H,21,24)/t16-/m0/s1. The maximum Gasteiger partial charge on any atom is 0.242 e. The van der Waals surface area contributed by atoms with E-state index in [1.807, 2.05) is 20.8 Å². The minimum absolute atomic E-state index is 0.0531. The second-order valence-electron chi connectivity index (χ2n) is 7.96. The summed E-state index contributed by atoms with van der Waals surface area (Å²) in [5, 5.41) is 6.17. The molecular weight excluding hydrogens is 336 g/mol. The van der Waals surface area contributed by atoms with E-state index in [0.29, 0.717) is 6.42 Å². The summed E-state index contributed by atoms with van der Waals surface area (Å²) in [4.78, 5) is 35.8. The summed E-state index contributed by atoms with van der Waals surface area (Å²) in [6.07, 6.45) is 7.82. The number of hydrogen-bond acceptors (Lipinski definition) is 4. The van der Waals surface area contributed by atoms with Crippen LogP contribution in [0.3, 0.4) is 0 Å². The van der Waals surface area contributed by atoms with Gasteiger partial charge in [-0.05, 0) is 25.7 Å². The number of carbonyl (C=O) groups is 3. The van der Waals surface area contributed by atoms with Crippen LogP contribution in [0.1, 0.15) is 79.1 Å². The molecule has 6 heteroatoms. The summed E-state index contributed by atoms with van der Waals surface area (Å²) in [5.41, 5.74) is -0.510. The average molecular weight is 371 g/mol. The Morgan fingerprint density at radius 1 is 1.08 bits per heavy atom. The molecule has 1 rings (SSSR count). The second kappa shape index (κ2) is 10.8. The maximum atomic E-state index is 12.6. The van der Waals surface area contributed by atoms with Crippen molar-refractivity contribution in [1.82, 2.24) is 10.6 Å². The van der Waals surface area contributed by atoms with Crippen LogP contribution in [0.15, 0.2) is 0 Å². The van der Waals surface area contributed by atoms with Crippen LogP contribution < -0.4 is 10.6 Å². The zero-order valence-electron chi connectivity index (χ0n) is 16.2. The van der Waals surface area contributed by atoms with Crippen LogP contribution in [0.25, 0.3) is 0 Å². The number of unbranched alkanes of at least 4 members (excludes halogenated alkanes) is 2. The first-order valence-electron chi connectivity index (χ1n) is 9.45. The number of nitrogens with one attached hydrogen (secondary N) is 2. The fraction of sp³-hybridized carbons (Fsp3) is 0.842. The lowest BCUT2D eigenvalue weighted by Gasteiger charge is -2.25. The van der Waals surface area contributed by atoms with E-state index in [9.17, 15) is 14.4 Å². The molecule has 2 N–H and O–H groups in total. The quantitative estimate of drug-likeness (QED) is 0.610. The van der Waals surface area contributed by atoms with E-state index in [4.69, 9.17) is 0 Å². The number of carbonyl (C=O) groups excluding carboxylic acids is 3. The molecule has 0 aromatic carbocycles. The van der Waals surface area contributed by atoms with Gasteiger partial charge in [0.05, 0.1) is 0 Å². The summed E-state index contributed by atoms with van der Waals surface area (Å²) >= 11 is 1.34. The Hall–Kier alpha value is -1.04. The van der Waals surface area contributed by atoms with E-state index in [1.54, 1.807) is 6.92 Å². The molecule has 25 heavy (non-hydrogen) atoms. The molecule has 0 heterocycles. The normalized spacial score (nSPS) is 16.5. The molecule has 1 atom stereocenters. The van der Waals surface area contributed by atoms with Crippen molar-refractivity contribution < 1.29 is 14.4 Å². The van der Waals surface area contributed by atoms with Crippen LogP contribution in [-0.4, -0.2) is 34.8 Å². The number of amides is 2. The zero-order chi connectivity index (χ0) is 18.9. The maximum absolute atomic E-state index is 12.6. The summed E-state index contributed by atoms with van der Waals surface area (Å²) in [6, 6.07) is -0.207. The molecule has 1 aliphatic rings. The Bertz CT molecular complexity index is 454. The molecule has 1 aliphatic carbocycles. The highest BCUT2D eigenvalue weighted by Crippen LogP contribution is 2.19. The van der Waals surface area contributed by atoms with E-state index in [0.717, 1.165) is 50.7 Å². The molecule has 0 saturated heterocycles. The molecule has 0 aromatic rings. The summed E-state index contributed by atoms with van der Waals surface area (Å²) in [7, 11) is 0.